The molecule has 2 aromatic carbocycles. The molecule has 0 fully saturated rings. The number of rotatable bonds is 5. The molecule has 0 atom stereocenters. The van der Waals surface area contributed by atoms with Crippen molar-refractivity contribution in [2.75, 3.05) is 5.32 Å². The number of carbonyl (C=O) groups excluding carboxylic acids is 1. The lowest BCUT2D eigenvalue weighted by Gasteiger charge is -2.04. The first-order valence-electron chi connectivity index (χ1n) is 8.32. The first-order chi connectivity index (χ1) is 12.5. The number of halogens is 1. The predicted octanol–water partition coefficient (Wildman–Crippen LogP) is 6.24. The molecule has 132 valence electrons. The molecule has 3 nitrogen and oxygen atoms in total. The van der Waals surface area contributed by atoms with Gasteiger partial charge in [-0.3, -0.25) is 10.1 Å². The molecule has 0 radical (unpaired) electrons. The van der Waals surface area contributed by atoms with Crippen LogP contribution in [-0.4, -0.2) is 10.9 Å². The van der Waals surface area contributed by atoms with E-state index in [0.29, 0.717) is 16.1 Å². The maximum atomic E-state index is 12.1. The molecule has 0 aliphatic carbocycles. The highest BCUT2D eigenvalue weighted by atomic mass is 35.5. The van der Waals surface area contributed by atoms with Gasteiger partial charge in [-0.15, -0.1) is 11.3 Å². The zero-order chi connectivity index (χ0) is 18.5. The number of nitrogens with zero attached hydrogens (tertiary/aromatic N) is 1. The molecule has 0 saturated carbocycles. The molecule has 0 saturated heterocycles. The van der Waals surface area contributed by atoms with Gasteiger partial charge in [0.1, 0.15) is 0 Å². The first kappa shape index (κ1) is 18.4. The number of amides is 1. The Morgan fingerprint density at radius 3 is 2.46 bits per heavy atom. The van der Waals surface area contributed by atoms with Gasteiger partial charge in [0.15, 0.2) is 5.13 Å². The summed E-state index contributed by atoms with van der Waals surface area (Å²) in [6.07, 6.45) is 3.32. The van der Waals surface area contributed by atoms with Gasteiger partial charge in [0.05, 0.1) is 5.69 Å². The minimum atomic E-state index is -0.199. The van der Waals surface area contributed by atoms with Crippen LogP contribution in [0.25, 0.3) is 17.3 Å². The fourth-order valence-electron chi connectivity index (χ4n) is 2.40. The Labute approximate surface area is 162 Å². The van der Waals surface area contributed by atoms with Crippen molar-refractivity contribution in [3.63, 3.8) is 0 Å². The number of benzene rings is 2. The standard InChI is InChI=1S/C21H19ClN2OS/c1-14(2)16-6-3-15(4-7-16)5-12-20(25)24-21-23-19(13-26-21)17-8-10-18(22)11-9-17/h3-14H,1-2H3,(H,23,24,25)/b12-5+. The molecular weight excluding hydrogens is 364 g/mol. The normalized spacial score (nSPS) is 11.2. The molecule has 0 aliphatic heterocycles. The van der Waals surface area contributed by atoms with Gasteiger partial charge < -0.3 is 0 Å². The van der Waals surface area contributed by atoms with E-state index in [1.165, 1.54) is 23.0 Å². The minimum Gasteiger partial charge on any atom is -0.298 e. The lowest BCUT2D eigenvalue weighted by molar-refractivity contribution is -0.111. The average Bonchev–Trinajstić information content (AvgIpc) is 3.09. The van der Waals surface area contributed by atoms with Gasteiger partial charge in [0, 0.05) is 22.0 Å². The van der Waals surface area contributed by atoms with Crippen LogP contribution < -0.4 is 5.32 Å². The molecule has 3 aromatic rings. The van der Waals surface area contributed by atoms with Crippen molar-refractivity contribution in [2.24, 2.45) is 0 Å². The summed E-state index contributed by atoms with van der Waals surface area (Å²) in [4.78, 5) is 16.5. The Kier molecular flexibility index (Phi) is 5.86. The summed E-state index contributed by atoms with van der Waals surface area (Å²) in [5, 5.41) is 5.96. The van der Waals surface area contributed by atoms with Crippen molar-refractivity contribution in [3.8, 4) is 11.3 Å². The summed E-state index contributed by atoms with van der Waals surface area (Å²) in [6.45, 7) is 4.31. The van der Waals surface area contributed by atoms with Crippen LogP contribution in [0.15, 0.2) is 60.0 Å². The Bertz CT molecular complexity index is 912. The highest BCUT2D eigenvalue weighted by Gasteiger charge is 2.06. The van der Waals surface area contributed by atoms with Crippen molar-refractivity contribution in [1.82, 2.24) is 4.98 Å². The van der Waals surface area contributed by atoms with Crippen LogP contribution in [0.3, 0.4) is 0 Å². The van der Waals surface area contributed by atoms with E-state index in [-0.39, 0.29) is 5.91 Å². The van der Waals surface area contributed by atoms with E-state index < -0.39 is 0 Å². The van der Waals surface area contributed by atoms with Gasteiger partial charge in [-0.05, 0) is 35.3 Å². The summed E-state index contributed by atoms with van der Waals surface area (Å²) >= 11 is 7.29. The van der Waals surface area contributed by atoms with Crippen molar-refractivity contribution >= 4 is 40.1 Å². The van der Waals surface area contributed by atoms with Crippen LogP contribution in [0.5, 0.6) is 0 Å². The fraction of sp³-hybridized carbons (Fsp3) is 0.143. The monoisotopic (exact) mass is 382 g/mol. The lowest BCUT2D eigenvalue weighted by Crippen LogP contribution is -2.07. The second-order valence-electron chi connectivity index (χ2n) is 6.19. The van der Waals surface area contributed by atoms with E-state index in [9.17, 15) is 4.79 Å². The van der Waals surface area contributed by atoms with E-state index >= 15 is 0 Å². The third kappa shape index (κ3) is 4.81. The quantitative estimate of drug-likeness (QED) is 0.530. The number of nitrogens with one attached hydrogen (secondary N) is 1. The lowest BCUT2D eigenvalue weighted by atomic mass is 10.0. The van der Waals surface area contributed by atoms with Gasteiger partial charge >= 0.3 is 0 Å². The van der Waals surface area contributed by atoms with Gasteiger partial charge in [-0.25, -0.2) is 4.98 Å². The van der Waals surface area contributed by atoms with Crippen molar-refractivity contribution in [3.05, 3.63) is 76.1 Å². The summed E-state index contributed by atoms with van der Waals surface area (Å²) in [6, 6.07) is 15.7. The highest BCUT2D eigenvalue weighted by molar-refractivity contribution is 7.14. The molecule has 26 heavy (non-hydrogen) atoms. The fourth-order valence-corrected chi connectivity index (χ4v) is 3.24. The van der Waals surface area contributed by atoms with E-state index in [2.05, 4.69) is 36.3 Å². The van der Waals surface area contributed by atoms with Crippen LogP contribution in [0.4, 0.5) is 5.13 Å². The topological polar surface area (TPSA) is 42.0 Å². The van der Waals surface area contributed by atoms with E-state index in [1.807, 2.05) is 41.8 Å². The van der Waals surface area contributed by atoms with Gasteiger partial charge in [0.2, 0.25) is 5.91 Å². The Hall–Kier alpha value is -2.43. The van der Waals surface area contributed by atoms with Crippen LogP contribution in [0.2, 0.25) is 5.02 Å². The molecule has 1 heterocycles. The number of hydrogen-bond acceptors (Lipinski definition) is 3. The summed E-state index contributed by atoms with van der Waals surface area (Å²) < 4.78 is 0. The average molecular weight is 383 g/mol. The van der Waals surface area contributed by atoms with Crippen LogP contribution in [0, 0.1) is 0 Å². The Morgan fingerprint density at radius 1 is 1.12 bits per heavy atom. The molecule has 0 bridgehead atoms. The summed E-state index contributed by atoms with van der Waals surface area (Å²) in [7, 11) is 0. The maximum Gasteiger partial charge on any atom is 0.250 e. The number of carbonyl (C=O) groups is 1. The van der Waals surface area contributed by atoms with Crippen LogP contribution in [-0.2, 0) is 4.79 Å². The minimum absolute atomic E-state index is 0.199. The molecule has 1 N–H and O–H groups in total. The molecule has 1 amide bonds. The molecule has 0 unspecified atom stereocenters. The van der Waals surface area contributed by atoms with Gasteiger partial charge in [0.25, 0.3) is 0 Å². The smallest absolute Gasteiger partial charge is 0.250 e. The van der Waals surface area contributed by atoms with Crippen molar-refractivity contribution < 1.29 is 4.79 Å². The van der Waals surface area contributed by atoms with E-state index in [0.717, 1.165) is 16.8 Å². The summed E-state index contributed by atoms with van der Waals surface area (Å²) in [5.41, 5.74) is 4.05. The number of thiazole rings is 1. The van der Waals surface area contributed by atoms with Crippen LogP contribution in [0.1, 0.15) is 30.9 Å². The number of anilines is 1. The molecule has 1 aromatic heterocycles. The summed E-state index contributed by atoms with van der Waals surface area (Å²) in [5.74, 6) is 0.297. The number of aromatic nitrogens is 1. The SMILES string of the molecule is CC(C)c1ccc(/C=C/C(=O)Nc2nc(-c3ccc(Cl)cc3)cs2)cc1. The molecular formula is C21H19ClN2OS. The predicted molar refractivity (Wildman–Crippen MR) is 111 cm³/mol. The third-order valence-corrected chi connectivity index (χ3v) is 4.91. The molecule has 5 heteroatoms. The zero-order valence-corrected chi connectivity index (χ0v) is 16.1. The largest absolute Gasteiger partial charge is 0.298 e. The third-order valence-electron chi connectivity index (χ3n) is 3.90. The molecule has 0 spiro atoms. The highest BCUT2D eigenvalue weighted by Crippen LogP contribution is 2.26. The van der Waals surface area contributed by atoms with E-state index in [4.69, 9.17) is 11.6 Å². The van der Waals surface area contributed by atoms with E-state index in [1.54, 1.807) is 6.08 Å². The van der Waals surface area contributed by atoms with Gasteiger partial charge in [-0.2, -0.15) is 0 Å². The zero-order valence-electron chi connectivity index (χ0n) is 14.6. The first-order valence-corrected chi connectivity index (χ1v) is 9.57. The van der Waals surface area contributed by atoms with Crippen molar-refractivity contribution in [2.45, 2.75) is 19.8 Å². The second kappa shape index (κ2) is 8.30. The Morgan fingerprint density at radius 2 is 1.81 bits per heavy atom. The van der Waals surface area contributed by atoms with Crippen molar-refractivity contribution in [1.29, 1.82) is 0 Å². The molecule has 0 aliphatic rings. The van der Waals surface area contributed by atoms with Crippen LogP contribution >= 0.6 is 22.9 Å². The second-order valence-corrected chi connectivity index (χ2v) is 7.48. The Balaban J connectivity index is 1.62. The molecule has 3 rings (SSSR count). The maximum absolute atomic E-state index is 12.1. The number of hydrogen-bond donors (Lipinski definition) is 1. The van der Waals surface area contributed by atoms with Gasteiger partial charge in [-0.1, -0.05) is 61.8 Å².